The zero-order valence-corrected chi connectivity index (χ0v) is 12.8. The van der Waals surface area contributed by atoms with E-state index in [4.69, 9.17) is 5.26 Å². The SMILES string of the molecule is CCCC(=O)NC(=O)/C(C#N)=C/Nc1ccc([N+](=O)[O-])cc1C. The van der Waals surface area contributed by atoms with Crippen LogP contribution in [0.2, 0.25) is 0 Å². The van der Waals surface area contributed by atoms with Gasteiger partial charge in [0.15, 0.2) is 0 Å². The second kappa shape index (κ2) is 8.29. The van der Waals surface area contributed by atoms with E-state index >= 15 is 0 Å². The molecule has 0 fully saturated rings. The fraction of sp³-hybridized carbons (Fsp3) is 0.267. The highest BCUT2D eigenvalue weighted by Crippen LogP contribution is 2.21. The first-order valence-corrected chi connectivity index (χ1v) is 6.85. The number of anilines is 1. The van der Waals surface area contributed by atoms with Crippen LogP contribution in [0.5, 0.6) is 0 Å². The van der Waals surface area contributed by atoms with Crippen molar-refractivity contribution >= 4 is 23.2 Å². The van der Waals surface area contributed by atoms with E-state index in [9.17, 15) is 19.7 Å². The number of non-ortho nitro benzene ring substituents is 1. The summed E-state index contributed by atoms with van der Waals surface area (Å²) in [4.78, 5) is 33.3. The van der Waals surface area contributed by atoms with Gasteiger partial charge in [-0.05, 0) is 25.0 Å². The van der Waals surface area contributed by atoms with Gasteiger partial charge in [0, 0.05) is 30.4 Å². The number of nitrogens with one attached hydrogen (secondary N) is 2. The van der Waals surface area contributed by atoms with E-state index in [2.05, 4.69) is 10.6 Å². The van der Waals surface area contributed by atoms with Crippen LogP contribution in [-0.4, -0.2) is 16.7 Å². The van der Waals surface area contributed by atoms with Crippen molar-refractivity contribution in [2.75, 3.05) is 5.32 Å². The zero-order valence-electron chi connectivity index (χ0n) is 12.8. The number of carbonyl (C=O) groups is 2. The molecule has 8 heteroatoms. The number of rotatable bonds is 6. The van der Waals surface area contributed by atoms with Gasteiger partial charge < -0.3 is 5.32 Å². The van der Waals surface area contributed by atoms with Crippen molar-refractivity contribution < 1.29 is 14.5 Å². The van der Waals surface area contributed by atoms with Crippen LogP contribution in [0.25, 0.3) is 0 Å². The second-order valence-electron chi connectivity index (χ2n) is 4.70. The smallest absolute Gasteiger partial charge is 0.269 e. The highest BCUT2D eigenvalue weighted by Gasteiger charge is 2.13. The van der Waals surface area contributed by atoms with E-state index in [1.54, 1.807) is 19.9 Å². The number of nitro groups is 1. The first-order valence-electron chi connectivity index (χ1n) is 6.85. The highest BCUT2D eigenvalue weighted by atomic mass is 16.6. The molecule has 1 aromatic rings. The largest absolute Gasteiger partial charge is 0.360 e. The van der Waals surface area contributed by atoms with Crippen molar-refractivity contribution in [3.63, 3.8) is 0 Å². The maximum Gasteiger partial charge on any atom is 0.269 e. The Bertz CT molecular complexity index is 704. The molecule has 0 radical (unpaired) electrons. The van der Waals surface area contributed by atoms with E-state index < -0.39 is 16.7 Å². The van der Waals surface area contributed by atoms with Crippen molar-refractivity contribution in [1.82, 2.24) is 5.32 Å². The summed E-state index contributed by atoms with van der Waals surface area (Å²) in [5, 5.41) is 24.5. The van der Waals surface area contributed by atoms with Crippen molar-refractivity contribution in [3.05, 3.63) is 45.6 Å². The molecule has 0 heterocycles. The van der Waals surface area contributed by atoms with Gasteiger partial charge in [-0.25, -0.2) is 0 Å². The fourth-order valence-electron chi connectivity index (χ4n) is 1.71. The van der Waals surface area contributed by atoms with E-state index in [-0.39, 0.29) is 17.7 Å². The standard InChI is InChI=1S/C15H16N4O4/c1-3-4-14(20)18-15(21)11(8-16)9-17-13-6-5-12(19(22)23)7-10(13)2/h5-7,9,17H,3-4H2,1-2H3,(H,18,20,21)/b11-9+. The van der Waals surface area contributed by atoms with Crippen LogP contribution >= 0.6 is 0 Å². The molecule has 0 bridgehead atoms. The van der Waals surface area contributed by atoms with Crippen LogP contribution in [0.3, 0.4) is 0 Å². The van der Waals surface area contributed by atoms with E-state index in [1.165, 1.54) is 18.2 Å². The number of nitriles is 1. The molecule has 0 atom stereocenters. The van der Waals surface area contributed by atoms with Crippen LogP contribution in [0, 0.1) is 28.4 Å². The fourth-order valence-corrected chi connectivity index (χ4v) is 1.71. The molecule has 0 saturated heterocycles. The summed E-state index contributed by atoms with van der Waals surface area (Å²) in [5.74, 6) is -1.25. The predicted octanol–water partition coefficient (Wildman–Crippen LogP) is 2.17. The van der Waals surface area contributed by atoms with Crippen molar-refractivity contribution in [2.45, 2.75) is 26.7 Å². The molecule has 0 spiro atoms. The van der Waals surface area contributed by atoms with Gasteiger partial charge in [-0.2, -0.15) is 5.26 Å². The molecule has 2 N–H and O–H groups in total. The van der Waals surface area contributed by atoms with E-state index in [0.29, 0.717) is 17.7 Å². The Balaban J connectivity index is 2.85. The van der Waals surface area contributed by atoms with Gasteiger partial charge >= 0.3 is 0 Å². The third-order valence-corrected chi connectivity index (χ3v) is 2.89. The Morgan fingerprint density at radius 1 is 1.43 bits per heavy atom. The van der Waals surface area contributed by atoms with Crippen molar-refractivity contribution in [3.8, 4) is 6.07 Å². The molecule has 0 aliphatic carbocycles. The molecular weight excluding hydrogens is 300 g/mol. The lowest BCUT2D eigenvalue weighted by Crippen LogP contribution is -2.31. The minimum atomic E-state index is -0.794. The average molecular weight is 316 g/mol. The second-order valence-corrected chi connectivity index (χ2v) is 4.70. The number of aryl methyl sites for hydroxylation is 1. The van der Waals surface area contributed by atoms with Gasteiger partial charge in [0.2, 0.25) is 5.91 Å². The van der Waals surface area contributed by atoms with E-state index in [1.807, 2.05) is 0 Å². The van der Waals surface area contributed by atoms with Gasteiger partial charge in [0.05, 0.1) is 4.92 Å². The lowest BCUT2D eigenvalue weighted by Gasteiger charge is -2.06. The first kappa shape index (κ1) is 17.8. The summed E-state index contributed by atoms with van der Waals surface area (Å²) in [7, 11) is 0. The number of imide groups is 1. The Labute approximate surface area is 132 Å². The molecule has 8 nitrogen and oxygen atoms in total. The highest BCUT2D eigenvalue weighted by molar-refractivity contribution is 6.06. The molecule has 1 aromatic carbocycles. The third kappa shape index (κ3) is 5.24. The summed E-state index contributed by atoms with van der Waals surface area (Å²) in [5.41, 5.74) is 0.763. The zero-order chi connectivity index (χ0) is 17.4. The minimum absolute atomic E-state index is 0.0551. The topological polar surface area (TPSA) is 125 Å². The number of hydrogen-bond acceptors (Lipinski definition) is 6. The van der Waals surface area contributed by atoms with Crippen LogP contribution < -0.4 is 10.6 Å². The molecule has 0 saturated carbocycles. The molecular formula is C15H16N4O4. The van der Waals surface area contributed by atoms with Gasteiger partial charge in [-0.1, -0.05) is 6.92 Å². The first-order chi connectivity index (χ1) is 10.9. The van der Waals surface area contributed by atoms with Gasteiger partial charge in [0.1, 0.15) is 11.6 Å². The Kier molecular flexibility index (Phi) is 6.43. The number of benzene rings is 1. The summed E-state index contributed by atoms with van der Waals surface area (Å²) in [6.07, 6.45) is 1.94. The Morgan fingerprint density at radius 2 is 2.13 bits per heavy atom. The van der Waals surface area contributed by atoms with Crippen LogP contribution in [-0.2, 0) is 9.59 Å². The summed E-state index contributed by atoms with van der Waals surface area (Å²) >= 11 is 0. The van der Waals surface area contributed by atoms with Crippen LogP contribution in [0.1, 0.15) is 25.3 Å². The maximum atomic E-state index is 11.8. The van der Waals surface area contributed by atoms with Gasteiger partial charge in [0.25, 0.3) is 11.6 Å². The molecule has 0 aliphatic heterocycles. The number of nitrogens with zero attached hydrogens (tertiary/aromatic N) is 2. The normalized spacial score (nSPS) is 10.6. The third-order valence-electron chi connectivity index (χ3n) is 2.89. The van der Waals surface area contributed by atoms with Gasteiger partial charge in [-0.15, -0.1) is 0 Å². The Hall–Kier alpha value is -3.21. The van der Waals surface area contributed by atoms with Crippen molar-refractivity contribution in [2.24, 2.45) is 0 Å². The lowest BCUT2D eigenvalue weighted by atomic mass is 10.2. The molecule has 0 aliphatic rings. The average Bonchev–Trinajstić information content (AvgIpc) is 2.49. The Morgan fingerprint density at radius 3 is 2.65 bits per heavy atom. The number of nitro benzene ring substituents is 1. The summed E-state index contributed by atoms with van der Waals surface area (Å²) in [6.45, 7) is 3.45. The van der Waals surface area contributed by atoms with Crippen LogP contribution in [0.15, 0.2) is 30.0 Å². The molecule has 0 aromatic heterocycles. The lowest BCUT2D eigenvalue weighted by molar-refractivity contribution is -0.384. The van der Waals surface area contributed by atoms with E-state index in [0.717, 1.165) is 6.20 Å². The summed E-state index contributed by atoms with van der Waals surface area (Å²) < 4.78 is 0. The van der Waals surface area contributed by atoms with Crippen molar-refractivity contribution in [1.29, 1.82) is 5.26 Å². The summed E-state index contributed by atoms with van der Waals surface area (Å²) in [6, 6.07) is 5.84. The number of carbonyl (C=O) groups excluding carboxylic acids is 2. The van der Waals surface area contributed by atoms with Crippen LogP contribution in [0.4, 0.5) is 11.4 Å². The monoisotopic (exact) mass is 316 g/mol. The maximum absolute atomic E-state index is 11.8. The molecule has 2 amide bonds. The quantitative estimate of drug-likeness (QED) is 0.358. The number of hydrogen-bond donors (Lipinski definition) is 2. The minimum Gasteiger partial charge on any atom is -0.360 e. The molecule has 120 valence electrons. The predicted molar refractivity (Wildman–Crippen MR) is 83.2 cm³/mol. The molecule has 23 heavy (non-hydrogen) atoms. The molecule has 0 unspecified atom stereocenters. The number of amides is 2. The molecule has 1 rings (SSSR count). The van der Waals surface area contributed by atoms with Gasteiger partial charge in [-0.3, -0.25) is 25.0 Å².